The summed E-state index contributed by atoms with van der Waals surface area (Å²) in [6, 6.07) is 6.06. The molecule has 4 rings (SSSR count). The van der Waals surface area contributed by atoms with Gasteiger partial charge in [0.05, 0.1) is 30.5 Å². The number of ether oxygens (including phenoxy) is 4. The maximum Gasteiger partial charge on any atom is 0.335 e. The van der Waals surface area contributed by atoms with Gasteiger partial charge in [-0.25, -0.2) is 9.59 Å². The van der Waals surface area contributed by atoms with Crippen molar-refractivity contribution >= 4 is 18.0 Å². The van der Waals surface area contributed by atoms with Gasteiger partial charge in [0.15, 0.2) is 6.29 Å². The van der Waals surface area contributed by atoms with E-state index in [9.17, 15) is 45.3 Å². The molecule has 13 nitrogen and oxygen atoms in total. The molecule has 0 saturated carbocycles. The number of benzene rings is 1. The largest absolute Gasteiger partial charge is 0.508 e. The van der Waals surface area contributed by atoms with Crippen LogP contribution in [0.2, 0.25) is 0 Å². The minimum absolute atomic E-state index is 0.0657. The van der Waals surface area contributed by atoms with E-state index in [1.165, 1.54) is 24.3 Å². The summed E-state index contributed by atoms with van der Waals surface area (Å²) < 4.78 is 21.8. The molecule has 2 heterocycles. The van der Waals surface area contributed by atoms with Gasteiger partial charge in [-0.1, -0.05) is 18.2 Å². The van der Waals surface area contributed by atoms with Gasteiger partial charge in [-0.15, -0.1) is 0 Å². The highest BCUT2D eigenvalue weighted by molar-refractivity contribution is 5.88. The molecule has 9 atom stereocenters. The van der Waals surface area contributed by atoms with Crippen molar-refractivity contribution in [2.45, 2.75) is 43.1 Å². The van der Waals surface area contributed by atoms with Crippen molar-refractivity contribution in [3.05, 3.63) is 59.4 Å². The average Bonchev–Trinajstić information content (AvgIpc) is 3.23. The van der Waals surface area contributed by atoms with Gasteiger partial charge in [0.1, 0.15) is 36.8 Å². The summed E-state index contributed by atoms with van der Waals surface area (Å²) in [4.78, 5) is 24.1. The summed E-state index contributed by atoms with van der Waals surface area (Å²) in [5.74, 6) is -4.08. The van der Waals surface area contributed by atoms with Crippen LogP contribution in [0.1, 0.15) is 5.56 Å². The molecule has 0 unspecified atom stereocenters. The van der Waals surface area contributed by atoms with Crippen LogP contribution in [-0.2, 0) is 28.5 Å². The minimum Gasteiger partial charge on any atom is -0.508 e. The third kappa shape index (κ3) is 5.73. The number of rotatable bonds is 8. The molecule has 1 aromatic carbocycles. The zero-order valence-corrected chi connectivity index (χ0v) is 19.8. The molecule has 0 amide bonds. The number of aliphatic carboxylic acids is 1. The van der Waals surface area contributed by atoms with Crippen LogP contribution in [0.25, 0.3) is 6.08 Å². The van der Waals surface area contributed by atoms with E-state index in [1.807, 2.05) is 0 Å². The molecule has 1 fully saturated rings. The number of phenols is 1. The highest BCUT2D eigenvalue weighted by Crippen LogP contribution is 2.44. The van der Waals surface area contributed by atoms with Crippen molar-refractivity contribution in [1.29, 1.82) is 0 Å². The molecular formula is C25H28O13. The molecule has 0 bridgehead atoms. The van der Waals surface area contributed by atoms with E-state index in [-0.39, 0.29) is 23.5 Å². The van der Waals surface area contributed by atoms with Crippen molar-refractivity contribution in [2.24, 2.45) is 11.8 Å². The molecule has 1 aliphatic carbocycles. The lowest BCUT2D eigenvalue weighted by molar-refractivity contribution is -0.340. The molecule has 0 radical (unpaired) electrons. The third-order valence-corrected chi connectivity index (χ3v) is 6.60. The highest BCUT2D eigenvalue weighted by Gasteiger charge is 2.52. The van der Waals surface area contributed by atoms with Gasteiger partial charge in [-0.2, -0.15) is 0 Å². The van der Waals surface area contributed by atoms with Gasteiger partial charge in [0.25, 0.3) is 0 Å². The Bertz CT molecular complexity index is 1110. The first-order valence-electron chi connectivity index (χ1n) is 11.7. The van der Waals surface area contributed by atoms with E-state index < -0.39 is 73.5 Å². The number of aromatic hydroxyl groups is 1. The number of aliphatic hydroxyl groups is 5. The molecule has 38 heavy (non-hydrogen) atoms. The number of hydrogen-bond acceptors (Lipinski definition) is 12. The average molecular weight is 536 g/mol. The molecule has 3 aliphatic rings. The fraction of sp³-hybridized carbons (Fsp3) is 0.440. The highest BCUT2D eigenvalue weighted by atomic mass is 16.8. The lowest BCUT2D eigenvalue weighted by atomic mass is 9.82. The molecule has 1 aromatic rings. The van der Waals surface area contributed by atoms with E-state index in [4.69, 9.17) is 18.9 Å². The van der Waals surface area contributed by atoms with Crippen molar-refractivity contribution in [2.75, 3.05) is 13.2 Å². The molecule has 13 heteroatoms. The fourth-order valence-corrected chi connectivity index (χ4v) is 4.62. The Morgan fingerprint density at radius 2 is 1.68 bits per heavy atom. The molecule has 0 spiro atoms. The summed E-state index contributed by atoms with van der Waals surface area (Å²) >= 11 is 0. The second kappa shape index (κ2) is 11.6. The Balaban J connectivity index is 1.49. The first-order chi connectivity index (χ1) is 18.1. The molecular weight excluding hydrogens is 508 g/mol. The predicted molar refractivity (Wildman–Crippen MR) is 125 cm³/mol. The van der Waals surface area contributed by atoms with Crippen molar-refractivity contribution in [1.82, 2.24) is 0 Å². The van der Waals surface area contributed by atoms with Crippen LogP contribution in [-0.4, -0.2) is 104 Å². The van der Waals surface area contributed by atoms with Crippen LogP contribution >= 0.6 is 0 Å². The lowest BCUT2D eigenvalue weighted by Crippen LogP contribution is -2.60. The van der Waals surface area contributed by atoms with Crippen LogP contribution in [0.15, 0.2) is 53.8 Å². The van der Waals surface area contributed by atoms with E-state index in [1.54, 1.807) is 12.1 Å². The number of carboxylic acids is 1. The first-order valence-corrected chi connectivity index (χ1v) is 11.7. The Hall–Kier alpha value is -3.30. The zero-order chi connectivity index (χ0) is 27.6. The maximum absolute atomic E-state index is 12.3. The minimum atomic E-state index is -1.75. The molecule has 206 valence electrons. The van der Waals surface area contributed by atoms with Gasteiger partial charge in [0.2, 0.25) is 6.29 Å². The second-order valence-corrected chi connectivity index (χ2v) is 9.03. The van der Waals surface area contributed by atoms with Crippen LogP contribution in [0, 0.1) is 11.8 Å². The summed E-state index contributed by atoms with van der Waals surface area (Å²) in [6.45, 7) is -1.05. The van der Waals surface area contributed by atoms with Crippen molar-refractivity contribution in [3.8, 4) is 5.75 Å². The van der Waals surface area contributed by atoms with E-state index in [0.717, 1.165) is 12.3 Å². The van der Waals surface area contributed by atoms with E-state index in [0.29, 0.717) is 5.56 Å². The Kier molecular flexibility index (Phi) is 8.47. The van der Waals surface area contributed by atoms with Crippen molar-refractivity contribution in [3.63, 3.8) is 0 Å². The summed E-state index contributed by atoms with van der Waals surface area (Å²) in [6.07, 6.45) is -5.77. The zero-order valence-electron chi connectivity index (χ0n) is 19.8. The lowest BCUT2D eigenvalue weighted by Gasteiger charge is -2.43. The smallest absolute Gasteiger partial charge is 0.335 e. The van der Waals surface area contributed by atoms with Crippen LogP contribution in [0.5, 0.6) is 5.75 Å². The standard InChI is InChI=1S/C25H28O13/c26-8-16-20(30)21(31)22(32)25(37-16)38-24-18-12(7-15(28)19(18)14(10-36-24)23(33)34)9-35-17(29)6-3-11-1-4-13(27)5-2-11/h1-7,10,15-16,18-22,24-28,30-32H,8-9H2,(H,33,34)/t15-,16-,18-,19+,20-,21+,22-,24+,25+/m1/s1. The number of phenolic OH excluding ortho intramolecular Hbond substituents is 1. The van der Waals surface area contributed by atoms with Crippen LogP contribution < -0.4 is 0 Å². The Morgan fingerprint density at radius 1 is 0.974 bits per heavy atom. The molecule has 0 aromatic heterocycles. The summed E-state index contributed by atoms with van der Waals surface area (Å²) in [7, 11) is 0. The fourth-order valence-electron chi connectivity index (χ4n) is 4.62. The van der Waals surface area contributed by atoms with E-state index >= 15 is 0 Å². The van der Waals surface area contributed by atoms with Crippen molar-refractivity contribution < 1.29 is 64.3 Å². The third-order valence-electron chi connectivity index (χ3n) is 6.60. The molecule has 7 N–H and O–H groups in total. The summed E-state index contributed by atoms with van der Waals surface area (Å²) in [5, 5.41) is 69.4. The van der Waals surface area contributed by atoms with Gasteiger partial charge >= 0.3 is 11.9 Å². The summed E-state index contributed by atoms with van der Waals surface area (Å²) in [5.41, 5.74) is 0.636. The number of esters is 1. The van der Waals surface area contributed by atoms with Gasteiger partial charge in [-0.05, 0) is 29.3 Å². The monoisotopic (exact) mass is 536 g/mol. The first kappa shape index (κ1) is 27.7. The normalized spacial score (nSPS) is 34.7. The number of aliphatic hydroxyl groups excluding tert-OH is 5. The van der Waals surface area contributed by atoms with Crippen LogP contribution in [0.4, 0.5) is 0 Å². The Morgan fingerprint density at radius 3 is 2.34 bits per heavy atom. The topological polar surface area (TPSA) is 213 Å². The van der Waals surface area contributed by atoms with Gasteiger partial charge < -0.3 is 54.7 Å². The van der Waals surface area contributed by atoms with Crippen LogP contribution in [0.3, 0.4) is 0 Å². The maximum atomic E-state index is 12.3. The number of fused-ring (bicyclic) bond motifs is 1. The second-order valence-electron chi connectivity index (χ2n) is 9.03. The predicted octanol–water partition coefficient (Wildman–Crippen LogP) is -1.38. The molecule has 1 saturated heterocycles. The quantitative estimate of drug-likeness (QED) is 0.116. The number of carbonyl (C=O) groups excluding carboxylic acids is 1. The van der Waals surface area contributed by atoms with E-state index in [2.05, 4.69) is 0 Å². The Labute approximate surface area is 216 Å². The van der Waals surface area contributed by atoms with Gasteiger partial charge in [-0.3, -0.25) is 0 Å². The van der Waals surface area contributed by atoms with Gasteiger partial charge in [0, 0.05) is 12.0 Å². The molecule has 2 aliphatic heterocycles. The number of carboxylic acid groups (broad SMARTS) is 1. The number of hydrogen-bond donors (Lipinski definition) is 7. The SMILES string of the molecule is O=C(C=Cc1ccc(O)cc1)OCC1=C[C@@H](O)[C@@H]2C(C(=O)O)=CO[C@@H](O[C@@H]3O[C@H](CO)[C@@H](O)[C@H](O)[C@H]3O)[C@H]12. The number of carbonyl (C=O) groups is 2.